The maximum atomic E-state index is 15.3. The molecule has 3 fully saturated rings. The Kier molecular flexibility index (Phi) is 16.1. The highest BCUT2D eigenvalue weighted by Crippen LogP contribution is 2.46. The van der Waals surface area contributed by atoms with Crippen LogP contribution in [0.3, 0.4) is 0 Å². The molecule has 0 saturated heterocycles. The van der Waals surface area contributed by atoms with Crippen molar-refractivity contribution in [1.29, 1.82) is 0 Å². The van der Waals surface area contributed by atoms with Crippen LogP contribution in [0.15, 0.2) is 48.9 Å². The Hall–Kier alpha value is -5.63. The van der Waals surface area contributed by atoms with Gasteiger partial charge in [-0.15, -0.1) is 0 Å². The van der Waals surface area contributed by atoms with Gasteiger partial charge >= 0.3 is 0 Å². The highest BCUT2D eigenvalue weighted by atomic mass is 19.1. The van der Waals surface area contributed by atoms with Gasteiger partial charge in [0, 0.05) is 54.0 Å². The van der Waals surface area contributed by atoms with Gasteiger partial charge in [0.05, 0.1) is 37.1 Å². The van der Waals surface area contributed by atoms with Gasteiger partial charge in [0.2, 0.25) is 23.6 Å². The van der Waals surface area contributed by atoms with E-state index in [1.165, 1.54) is 6.07 Å². The first-order valence-corrected chi connectivity index (χ1v) is 22.6. The van der Waals surface area contributed by atoms with E-state index >= 15 is 4.39 Å². The molecule has 3 heterocycles. The first-order chi connectivity index (χ1) is 31.3. The average Bonchev–Trinajstić information content (AvgIpc) is 3.64. The second-order valence-corrected chi connectivity index (χ2v) is 19.1. The summed E-state index contributed by atoms with van der Waals surface area (Å²) in [6.45, 7) is 14.2. The summed E-state index contributed by atoms with van der Waals surface area (Å²) in [5.41, 5.74) is 8.30. The molecule has 3 aliphatic carbocycles. The topological polar surface area (TPSA) is 237 Å². The van der Waals surface area contributed by atoms with Crippen LogP contribution in [0.2, 0.25) is 0 Å². The number of hydroxylamine groups is 1. The fourth-order valence-electron chi connectivity index (χ4n) is 8.67. The van der Waals surface area contributed by atoms with E-state index in [-0.39, 0.29) is 41.8 Å². The van der Waals surface area contributed by atoms with Crippen LogP contribution in [-0.2, 0) is 35.2 Å². The number of ether oxygens (including phenoxy) is 2. The molecule has 2 bridgehead atoms. The Balaban J connectivity index is 1.06. The molecule has 4 amide bonds. The lowest BCUT2D eigenvalue weighted by Gasteiger charge is -2.47. The van der Waals surface area contributed by atoms with Crippen molar-refractivity contribution >= 4 is 46.2 Å². The summed E-state index contributed by atoms with van der Waals surface area (Å²) < 4.78 is 43.2. The predicted octanol–water partition coefficient (Wildman–Crippen LogP) is 5.31. The van der Waals surface area contributed by atoms with E-state index in [1.807, 2.05) is 27.7 Å². The van der Waals surface area contributed by atoms with Gasteiger partial charge in [-0.2, -0.15) is 0 Å². The maximum Gasteiger partial charge on any atom is 0.248 e. The first-order valence-electron chi connectivity index (χ1n) is 22.6. The van der Waals surface area contributed by atoms with Crippen molar-refractivity contribution in [1.82, 2.24) is 35.6 Å². The number of nitrogens with one attached hydrogen (secondary N) is 5. The normalized spacial score (nSPS) is 19.3. The molecular formula is C47H64F2N10O7. The number of benzene rings is 1. The van der Waals surface area contributed by atoms with Crippen molar-refractivity contribution in [2.24, 2.45) is 34.8 Å². The first kappa shape index (κ1) is 49.8. The molecule has 0 spiro atoms. The van der Waals surface area contributed by atoms with Gasteiger partial charge in [-0.1, -0.05) is 39.8 Å². The molecule has 4 atom stereocenters. The molecule has 19 heteroatoms. The molecular weight excluding hydrogens is 855 g/mol. The van der Waals surface area contributed by atoms with Gasteiger partial charge in [0.1, 0.15) is 23.5 Å². The number of nitrogens with zero attached hydrogens (tertiary/aromatic N) is 4. The van der Waals surface area contributed by atoms with Crippen LogP contribution >= 0.6 is 0 Å². The van der Waals surface area contributed by atoms with E-state index in [9.17, 15) is 28.8 Å². The smallest absolute Gasteiger partial charge is 0.248 e. The third kappa shape index (κ3) is 12.0. The number of carbonyl (C=O) groups is 4. The van der Waals surface area contributed by atoms with E-state index in [4.69, 9.17) is 15.2 Å². The largest absolute Gasteiger partial charge is 0.379 e. The molecule has 358 valence electrons. The number of carbonyl (C=O) groups excluding carboxylic acids is 4. The quantitative estimate of drug-likeness (QED) is 0.0320. The number of rotatable bonds is 21. The molecule has 4 aromatic rings. The van der Waals surface area contributed by atoms with E-state index in [0.717, 1.165) is 43.6 Å². The SMILES string of the molecule is CC(C)[C@H](NC(=O)C(C)(C)CCOCCOC(C)(C)CN)C(=O)N[C@@H](C)C(=O)Nc1ccc(Cn2cc(-c3ncc(F)c(N[C@H]4C5CCC(CC5)[C@@H]4C(=O)NO)n3)c3cc(F)cnc32)cc1. The molecule has 7 rings (SSSR count). The molecule has 66 heavy (non-hydrogen) atoms. The van der Waals surface area contributed by atoms with Crippen LogP contribution in [0.5, 0.6) is 0 Å². The summed E-state index contributed by atoms with van der Waals surface area (Å²) in [7, 11) is 0. The van der Waals surface area contributed by atoms with E-state index in [2.05, 4.69) is 36.2 Å². The Labute approximate surface area is 383 Å². The fourth-order valence-corrected chi connectivity index (χ4v) is 8.67. The molecule has 0 unspecified atom stereocenters. The van der Waals surface area contributed by atoms with E-state index in [0.29, 0.717) is 55.1 Å². The van der Waals surface area contributed by atoms with Gasteiger partial charge < -0.3 is 41.0 Å². The third-order valence-corrected chi connectivity index (χ3v) is 12.9. The summed E-state index contributed by atoms with van der Waals surface area (Å²) in [6.07, 6.45) is 7.69. The van der Waals surface area contributed by atoms with E-state index < -0.39 is 64.4 Å². The van der Waals surface area contributed by atoms with Crippen LogP contribution in [0.1, 0.15) is 86.1 Å². The van der Waals surface area contributed by atoms with Crippen LogP contribution in [0.4, 0.5) is 20.3 Å². The van der Waals surface area contributed by atoms with Gasteiger partial charge in [0.15, 0.2) is 17.5 Å². The van der Waals surface area contributed by atoms with Crippen LogP contribution in [-0.4, -0.2) is 98.4 Å². The molecule has 3 aromatic heterocycles. The Bertz CT molecular complexity index is 2350. The molecule has 1 aromatic carbocycles. The van der Waals surface area contributed by atoms with Crippen molar-refractivity contribution in [3.05, 3.63) is 66.1 Å². The fraction of sp³-hybridized carbons (Fsp3) is 0.553. The molecule has 8 N–H and O–H groups in total. The van der Waals surface area contributed by atoms with Gasteiger partial charge in [0.25, 0.3) is 0 Å². The van der Waals surface area contributed by atoms with Gasteiger partial charge in [-0.3, -0.25) is 24.4 Å². The Morgan fingerprint density at radius 1 is 0.924 bits per heavy atom. The number of hydrogen-bond donors (Lipinski definition) is 7. The molecule has 0 radical (unpaired) electrons. The zero-order valence-corrected chi connectivity index (χ0v) is 38.8. The standard InChI is InChI=1S/C47H64F2N10O7/c1-26(2)37(56-45(63)46(4,5)16-17-65-18-19-66-47(6,7)25-50)44(62)53-27(3)42(60)54-32-14-8-28(9-15-32)23-59-24-34(33-20-31(48)21-52-41(33)59)39-51-22-35(49)40(57-39)55-38-30-12-10-29(11-13-30)36(38)43(61)58-64/h8-9,14-15,20-22,24,26-27,29-30,36-38,64H,10-13,16-19,23,25,50H2,1-7H3,(H,53,62)(H,54,60)(H,56,63)(H,58,61)(H,51,55,57)/t27-,29?,30?,36-,37-,38-/m0/s1. The zero-order chi connectivity index (χ0) is 47.9. The van der Waals surface area contributed by atoms with Crippen LogP contribution < -0.4 is 32.5 Å². The monoisotopic (exact) mass is 918 g/mol. The highest BCUT2D eigenvalue weighted by Gasteiger charge is 2.47. The lowest BCUT2D eigenvalue weighted by molar-refractivity contribution is -0.139. The lowest BCUT2D eigenvalue weighted by atomic mass is 9.61. The minimum Gasteiger partial charge on any atom is -0.379 e. The van der Waals surface area contributed by atoms with Crippen LogP contribution in [0.25, 0.3) is 22.4 Å². The van der Waals surface area contributed by atoms with Gasteiger partial charge in [-0.05, 0) is 94.4 Å². The van der Waals surface area contributed by atoms with Gasteiger partial charge in [-0.25, -0.2) is 29.2 Å². The number of halogens is 2. The second kappa shape index (κ2) is 21.3. The number of amides is 4. The van der Waals surface area contributed by atoms with Crippen molar-refractivity contribution in [2.75, 3.05) is 37.0 Å². The van der Waals surface area contributed by atoms with Crippen molar-refractivity contribution < 1.29 is 42.6 Å². The summed E-state index contributed by atoms with van der Waals surface area (Å²) in [4.78, 5) is 65.9. The Morgan fingerprint density at radius 3 is 2.29 bits per heavy atom. The van der Waals surface area contributed by atoms with Crippen molar-refractivity contribution in [3.63, 3.8) is 0 Å². The number of hydrogen-bond acceptors (Lipinski definition) is 12. The number of nitrogens with two attached hydrogens (primary N) is 1. The number of pyridine rings is 1. The highest BCUT2D eigenvalue weighted by molar-refractivity contribution is 5.98. The molecule has 17 nitrogen and oxygen atoms in total. The number of anilines is 2. The number of fused-ring (bicyclic) bond motifs is 4. The minimum atomic E-state index is -0.942. The summed E-state index contributed by atoms with van der Waals surface area (Å²) in [5, 5.41) is 21.5. The van der Waals surface area contributed by atoms with Crippen LogP contribution in [0, 0.1) is 40.7 Å². The summed E-state index contributed by atoms with van der Waals surface area (Å²) >= 11 is 0. The average molecular weight is 919 g/mol. The Morgan fingerprint density at radius 2 is 1.62 bits per heavy atom. The molecule has 3 aliphatic rings. The summed E-state index contributed by atoms with van der Waals surface area (Å²) in [6, 6.07) is 6.05. The maximum absolute atomic E-state index is 15.3. The van der Waals surface area contributed by atoms with Crippen molar-refractivity contribution in [2.45, 2.75) is 111 Å². The minimum absolute atomic E-state index is 0.0468. The summed E-state index contributed by atoms with van der Waals surface area (Å²) in [5.74, 6) is -3.77. The zero-order valence-electron chi connectivity index (χ0n) is 38.8. The second-order valence-electron chi connectivity index (χ2n) is 19.1. The van der Waals surface area contributed by atoms with Crippen molar-refractivity contribution in [3.8, 4) is 11.4 Å². The third-order valence-electron chi connectivity index (χ3n) is 12.9. The van der Waals surface area contributed by atoms with E-state index in [1.54, 1.807) is 61.3 Å². The lowest BCUT2D eigenvalue weighted by Crippen LogP contribution is -2.55. The molecule has 0 aliphatic heterocycles. The predicted molar refractivity (Wildman–Crippen MR) is 244 cm³/mol. The number of aromatic nitrogens is 4. The molecule has 3 saturated carbocycles.